The Morgan fingerprint density at radius 2 is 1.65 bits per heavy atom. The highest BCUT2D eigenvalue weighted by Gasteiger charge is 2.32. The second kappa shape index (κ2) is 11.6. The third-order valence-electron chi connectivity index (χ3n) is 5.67. The van der Waals surface area contributed by atoms with Crippen molar-refractivity contribution in [3.63, 3.8) is 0 Å². The molecule has 0 aromatic heterocycles. The summed E-state index contributed by atoms with van der Waals surface area (Å²) in [5.74, 6) is 0.633. The number of rotatable bonds is 8. The van der Waals surface area contributed by atoms with Gasteiger partial charge in [-0.05, 0) is 63.1 Å². The first kappa shape index (κ1) is 24.5. The van der Waals surface area contributed by atoms with Gasteiger partial charge >= 0.3 is 12.3 Å². The van der Waals surface area contributed by atoms with Gasteiger partial charge in [0.1, 0.15) is 11.5 Å². The van der Waals surface area contributed by atoms with E-state index in [-0.39, 0.29) is 11.8 Å². The molecule has 1 aliphatic carbocycles. The van der Waals surface area contributed by atoms with Crippen LogP contribution in [0.3, 0.4) is 0 Å². The molecule has 1 aromatic rings. The van der Waals surface area contributed by atoms with E-state index in [0.29, 0.717) is 17.1 Å². The van der Waals surface area contributed by atoms with Crippen molar-refractivity contribution in [2.75, 3.05) is 14.2 Å². The van der Waals surface area contributed by atoms with Gasteiger partial charge in [0.25, 0.3) is 0 Å². The molecule has 0 bridgehead atoms. The fourth-order valence-electron chi connectivity index (χ4n) is 4.05. The van der Waals surface area contributed by atoms with E-state index in [0.717, 1.165) is 49.7 Å². The topological polar surface area (TPSA) is 71.1 Å². The van der Waals surface area contributed by atoms with Crippen molar-refractivity contribution in [1.82, 2.24) is 0 Å². The molecule has 0 N–H and O–H groups in total. The summed E-state index contributed by atoms with van der Waals surface area (Å²) in [6.45, 7) is 10.4. The van der Waals surface area contributed by atoms with E-state index < -0.39 is 12.3 Å². The summed E-state index contributed by atoms with van der Waals surface area (Å²) >= 11 is 0. The van der Waals surface area contributed by atoms with Crippen molar-refractivity contribution < 1.29 is 28.5 Å². The van der Waals surface area contributed by atoms with Crippen LogP contribution in [0.5, 0.6) is 11.5 Å². The lowest BCUT2D eigenvalue weighted by molar-refractivity contribution is 0.118. The SMILES string of the molecule is C=C(C)C1CCC(C)=CC1c1c(OC(=O)OC)cc(CCCCC)cc1OC(=O)OC. The van der Waals surface area contributed by atoms with Crippen molar-refractivity contribution in [2.24, 2.45) is 5.92 Å². The van der Waals surface area contributed by atoms with Crippen LogP contribution in [0.2, 0.25) is 0 Å². The van der Waals surface area contributed by atoms with Gasteiger partial charge in [-0.2, -0.15) is 0 Å². The number of carbonyl (C=O) groups is 2. The zero-order valence-corrected chi connectivity index (χ0v) is 19.3. The van der Waals surface area contributed by atoms with E-state index >= 15 is 0 Å². The smallest absolute Gasteiger partial charge is 0.437 e. The van der Waals surface area contributed by atoms with Crippen LogP contribution >= 0.6 is 0 Å². The van der Waals surface area contributed by atoms with Gasteiger partial charge in [-0.25, -0.2) is 9.59 Å². The molecule has 0 spiro atoms. The predicted octanol–water partition coefficient (Wildman–Crippen LogP) is 6.73. The average Bonchev–Trinajstić information content (AvgIpc) is 2.73. The quantitative estimate of drug-likeness (QED) is 0.197. The van der Waals surface area contributed by atoms with Gasteiger partial charge in [-0.3, -0.25) is 0 Å². The Hall–Kier alpha value is -2.76. The first-order valence-electron chi connectivity index (χ1n) is 10.8. The normalized spacial score (nSPS) is 18.0. The van der Waals surface area contributed by atoms with Gasteiger partial charge in [-0.15, -0.1) is 0 Å². The van der Waals surface area contributed by atoms with E-state index in [2.05, 4.69) is 26.5 Å². The Morgan fingerprint density at radius 3 is 2.13 bits per heavy atom. The molecule has 170 valence electrons. The number of aryl methyl sites for hydroxylation is 1. The third kappa shape index (κ3) is 6.61. The number of unbranched alkanes of at least 4 members (excludes halogenated alkanes) is 2. The molecule has 0 saturated carbocycles. The van der Waals surface area contributed by atoms with Gasteiger partial charge in [-0.1, -0.05) is 43.6 Å². The van der Waals surface area contributed by atoms with Gasteiger partial charge < -0.3 is 18.9 Å². The maximum atomic E-state index is 12.0. The number of benzene rings is 1. The van der Waals surface area contributed by atoms with Gasteiger partial charge in [0.15, 0.2) is 0 Å². The van der Waals surface area contributed by atoms with Crippen LogP contribution in [0.15, 0.2) is 35.9 Å². The molecule has 0 heterocycles. The Bertz CT molecular complexity index is 799. The molecule has 2 unspecified atom stereocenters. The van der Waals surface area contributed by atoms with Crippen molar-refractivity contribution >= 4 is 12.3 Å². The lowest BCUT2D eigenvalue weighted by Crippen LogP contribution is -2.21. The number of ether oxygens (including phenoxy) is 4. The van der Waals surface area contributed by atoms with E-state index in [1.165, 1.54) is 19.8 Å². The second-order valence-corrected chi connectivity index (χ2v) is 8.11. The highest BCUT2D eigenvalue weighted by atomic mass is 16.7. The predicted molar refractivity (Wildman–Crippen MR) is 120 cm³/mol. The van der Waals surface area contributed by atoms with Crippen LogP contribution in [0, 0.1) is 5.92 Å². The van der Waals surface area contributed by atoms with E-state index in [1.54, 1.807) is 0 Å². The Labute approximate surface area is 185 Å². The summed E-state index contributed by atoms with van der Waals surface area (Å²) in [5, 5.41) is 0. The minimum Gasteiger partial charge on any atom is -0.437 e. The molecule has 0 saturated heterocycles. The first-order valence-corrected chi connectivity index (χ1v) is 10.8. The fraction of sp³-hybridized carbons (Fsp3) is 0.520. The summed E-state index contributed by atoms with van der Waals surface area (Å²) in [7, 11) is 2.53. The standard InChI is InChI=1S/C25H34O6/c1-7-8-9-10-18-14-21(30-24(26)28-5)23(22(15-18)31-25(27)29-6)20-13-17(4)11-12-19(20)16(2)3/h13-15,19-20H,2,7-12H2,1,3-6H3. The summed E-state index contributed by atoms with van der Waals surface area (Å²) in [5.41, 5.74) is 3.79. The van der Waals surface area contributed by atoms with Gasteiger partial charge in [0.2, 0.25) is 0 Å². The Balaban J connectivity index is 2.67. The van der Waals surface area contributed by atoms with Crippen LogP contribution in [0.25, 0.3) is 0 Å². The number of hydrogen-bond acceptors (Lipinski definition) is 6. The Kier molecular flexibility index (Phi) is 9.16. The van der Waals surface area contributed by atoms with Crippen LogP contribution in [-0.2, 0) is 15.9 Å². The molecular formula is C25H34O6. The third-order valence-corrected chi connectivity index (χ3v) is 5.67. The minimum atomic E-state index is -0.820. The molecule has 1 aliphatic rings. The molecule has 6 heteroatoms. The number of methoxy groups -OCH3 is 2. The van der Waals surface area contributed by atoms with Gasteiger partial charge in [0.05, 0.1) is 14.2 Å². The molecule has 0 aliphatic heterocycles. The first-order chi connectivity index (χ1) is 14.8. The molecule has 0 radical (unpaired) electrons. The largest absolute Gasteiger partial charge is 0.513 e. The van der Waals surface area contributed by atoms with Crippen LogP contribution in [-0.4, -0.2) is 26.5 Å². The minimum absolute atomic E-state index is 0.120. The van der Waals surface area contributed by atoms with E-state index in [1.807, 2.05) is 19.1 Å². The lowest BCUT2D eigenvalue weighted by atomic mass is 9.73. The monoisotopic (exact) mass is 430 g/mol. The van der Waals surface area contributed by atoms with Crippen LogP contribution in [0.4, 0.5) is 9.59 Å². The van der Waals surface area contributed by atoms with E-state index in [4.69, 9.17) is 18.9 Å². The van der Waals surface area contributed by atoms with Gasteiger partial charge in [0, 0.05) is 11.5 Å². The highest BCUT2D eigenvalue weighted by Crippen LogP contribution is 2.47. The summed E-state index contributed by atoms with van der Waals surface area (Å²) < 4.78 is 20.6. The Morgan fingerprint density at radius 1 is 1.06 bits per heavy atom. The van der Waals surface area contributed by atoms with Crippen molar-refractivity contribution in [2.45, 2.75) is 65.2 Å². The molecule has 1 aromatic carbocycles. The van der Waals surface area contributed by atoms with Crippen molar-refractivity contribution in [3.8, 4) is 11.5 Å². The average molecular weight is 431 g/mol. The van der Waals surface area contributed by atoms with Crippen molar-refractivity contribution in [1.29, 1.82) is 0 Å². The molecule has 2 rings (SSSR count). The lowest BCUT2D eigenvalue weighted by Gasteiger charge is -2.32. The summed E-state index contributed by atoms with van der Waals surface area (Å²) in [6, 6.07) is 3.69. The fourth-order valence-corrected chi connectivity index (χ4v) is 4.05. The summed E-state index contributed by atoms with van der Waals surface area (Å²) in [4.78, 5) is 24.1. The maximum absolute atomic E-state index is 12.0. The number of hydrogen-bond donors (Lipinski definition) is 0. The molecular weight excluding hydrogens is 396 g/mol. The molecule has 0 fully saturated rings. The highest BCUT2D eigenvalue weighted by molar-refractivity contribution is 5.69. The van der Waals surface area contributed by atoms with Crippen LogP contribution in [0.1, 0.15) is 69.9 Å². The van der Waals surface area contributed by atoms with E-state index in [9.17, 15) is 9.59 Å². The zero-order chi connectivity index (χ0) is 23.0. The number of allylic oxidation sites excluding steroid dienone is 3. The molecule has 0 amide bonds. The summed E-state index contributed by atoms with van der Waals surface area (Å²) in [6.07, 6.45) is 6.28. The zero-order valence-electron chi connectivity index (χ0n) is 19.3. The molecule has 2 atom stereocenters. The molecule has 31 heavy (non-hydrogen) atoms. The second-order valence-electron chi connectivity index (χ2n) is 8.11. The number of carbonyl (C=O) groups excluding carboxylic acids is 2. The van der Waals surface area contributed by atoms with Crippen LogP contribution < -0.4 is 9.47 Å². The van der Waals surface area contributed by atoms with Crippen molar-refractivity contribution in [3.05, 3.63) is 47.1 Å². The molecule has 6 nitrogen and oxygen atoms in total. The maximum Gasteiger partial charge on any atom is 0.513 e.